The first kappa shape index (κ1) is 23.1. The highest BCUT2D eigenvalue weighted by Crippen LogP contribution is 2.36. The monoisotopic (exact) mass is 460 g/mol. The fourth-order valence-corrected chi connectivity index (χ4v) is 4.79. The zero-order chi connectivity index (χ0) is 23.0. The number of hydrogen-bond acceptors (Lipinski definition) is 5. The van der Waals surface area contributed by atoms with Gasteiger partial charge >= 0.3 is 16.4 Å². The number of likely N-dealkylation sites (N-methyl/N-ethyl adjacent to an activating group) is 1. The number of nitrogens with zero attached hydrogens (tertiary/aromatic N) is 3. The Morgan fingerprint density at radius 2 is 1.87 bits per heavy atom. The van der Waals surface area contributed by atoms with Gasteiger partial charge in [-0.3, -0.25) is 9.89 Å². The van der Waals surface area contributed by atoms with Crippen LogP contribution in [-0.4, -0.2) is 46.2 Å². The molecule has 2 aromatic rings. The minimum absolute atomic E-state index is 0.254. The first-order valence-electron chi connectivity index (χ1n) is 9.58. The number of H-pyrrole nitrogens is 1. The number of aromatic amines is 1. The quantitative estimate of drug-likeness (QED) is 0.684. The zero-order valence-corrected chi connectivity index (χ0v) is 17.9. The number of alkyl halides is 3. The van der Waals surface area contributed by atoms with Gasteiger partial charge in [-0.1, -0.05) is 44.2 Å². The molecule has 170 valence electrons. The van der Waals surface area contributed by atoms with Crippen molar-refractivity contribution in [3.63, 3.8) is 0 Å². The van der Waals surface area contributed by atoms with Gasteiger partial charge in [-0.15, -0.1) is 5.10 Å². The lowest BCUT2D eigenvalue weighted by molar-refractivity contribution is -0.141. The van der Waals surface area contributed by atoms with Crippen LogP contribution in [0.3, 0.4) is 0 Å². The molecule has 1 saturated heterocycles. The van der Waals surface area contributed by atoms with Crippen molar-refractivity contribution in [1.82, 2.24) is 18.8 Å². The Bertz CT molecular complexity index is 1020. The van der Waals surface area contributed by atoms with Gasteiger partial charge in [-0.05, 0) is 18.8 Å². The molecular weight excluding hydrogens is 437 g/mol. The summed E-state index contributed by atoms with van der Waals surface area (Å²) in [6.07, 6.45) is -5.27. The van der Waals surface area contributed by atoms with Crippen molar-refractivity contribution < 1.29 is 31.1 Å². The summed E-state index contributed by atoms with van der Waals surface area (Å²) in [7, 11) is -2.97. The van der Waals surface area contributed by atoms with E-state index in [0.717, 1.165) is 4.31 Å². The van der Waals surface area contributed by atoms with E-state index in [4.69, 9.17) is 4.74 Å². The third kappa shape index (κ3) is 4.69. The lowest BCUT2D eigenvalue weighted by atomic mass is 10.0. The van der Waals surface area contributed by atoms with Gasteiger partial charge in [0.15, 0.2) is 0 Å². The molecule has 1 N–H and O–H groups in total. The molecule has 1 amide bonds. The van der Waals surface area contributed by atoms with Crippen LogP contribution in [0.5, 0.6) is 5.88 Å². The lowest BCUT2D eigenvalue weighted by Gasteiger charge is -2.26. The summed E-state index contributed by atoms with van der Waals surface area (Å²) in [5, 5.41) is 5.29. The largest absolute Gasteiger partial charge is 0.447 e. The number of amides is 1. The molecule has 1 aromatic carbocycles. The van der Waals surface area contributed by atoms with Crippen LogP contribution >= 0.6 is 0 Å². The van der Waals surface area contributed by atoms with E-state index in [1.165, 1.54) is 19.2 Å². The second-order valence-electron chi connectivity index (χ2n) is 7.64. The van der Waals surface area contributed by atoms with Crippen molar-refractivity contribution in [3.05, 3.63) is 47.7 Å². The van der Waals surface area contributed by atoms with E-state index in [9.17, 15) is 26.4 Å². The molecule has 2 heterocycles. The second-order valence-corrected chi connectivity index (χ2v) is 9.51. The Morgan fingerprint density at radius 3 is 2.42 bits per heavy atom. The number of halogens is 3. The fourth-order valence-electron chi connectivity index (χ4n) is 3.24. The maximum absolute atomic E-state index is 13.1. The molecule has 0 bridgehead atoms. The highest BCUT2D eigenvalue weighted by Gasteiger charge is 2.52. The van der Waals surface area contributed by atoms with Crippen molar-refractivity contribution in [2.45, 2.75) is 45.1 Å². The van der Waals surface area contributed by atoms with Crippen molar-refractivity contribution >= 4 is 16.1 Å². The molecule has 1 aliphatic rings. The summed E-state index contributed by atoms with van der Waals surface area (Å²) in [6.45, 7) is 3.91. The van der Waals surface area contributed by atoms with Crippen LogP contribution < -0.4 is 4.74 Å². The zero-order valence-electron chi connectivity index (χ0n) is 17.1. The van der Waals surface area contributed by atoms with E-state index in [-0.39, 0.29) is 11.5 Å². The summed E-state index contributed by atoms with van der Waals surface area (Å²) < 4.78 is 72.0. The summed E-state index contributed by atoms with van der Waals surface area (Å²) >= 11 is 0. The van der Waals surface area contributed by atoms with E-state index in [0.29, 0.717) is 23.2 Å². The summed E-state index contributed by atoms with van der Waals surface area (Å²) in [4.78, 5) is 13.1. The SMILES string of the molecule is CC(C)CCC1C(=O)N(C(Oc2cc(C(F)(F)F)[nH]n2)c2ccccc2)S(=O)(=O)N1C. The van der Waals surface area contributed by atoms with Crippen molar-refractivity contribution in [2.24, 2.45) is 5.92 Å². The van der Waals surface area contributed by atoms with Gasteiger partial charge in [0.1, 0.15) is 11.7 Å². The first-order chi connectivity index (χ1) is 14.4. The molecule has 2 atom stereocenters. The van der Waals surface area contributed by atoms with Gasteiger partial charge in [0.2, 0.25) is 12.1 Å². The topological polar surface area (TPSA) is 95.6 Å². The molecule has 1 aromatic heterocycles. The summed E-state index contributed by atoms with van der Waals surface area (Å²) in [5.41, 5.74) is -0.884. The fraction of sp³-hybridized carbons (Fsp3) is 0.474. The van der Waals surface area contributed by atoms with Crippen LogP contribution in [0.15, 0.2) is 36.4 Å². The predicted octanol–water partition coefficient (Wildman–Crippen LogP) is 3.33. The van der Waals surface area contributed by atoms with Crippen LogP contribution in [0, 0.1) is 5.92 Å². The molecule has 1 aliphatic heterocycles. The highest BCUT2D eigenvalue weighted by molar-refractivity contribution is 7.87. The van der Waals surface area contributed by atoms with E-state index < -0.39 is 46.1 Å². The molecular formula is C19H23F3N4O4S. The molecule has 0 aliphatic carbocycles. The number of rotatable bonds is 7. The minimum Gasteiger partial charge on any atom is -0.447 e. The number of ether oxygens (including phenoxy) is 1. The molecule has 0 saturated carbocycles. The Labute approximate surface area is 178 Å². The standard InChI is InChI=1S/C19H23F3N4O4S/c1-12(2)9-10-14-17(27)26(31(28,29)25(14)3)18(13-7-5-4-6-8-13)30-16-11-15(23-24-16)19(20,21)22/h4-8,11-12,14,18H,9-10H2,1-3H3,(H,23,24). The molecule has 1 fully saturated rings. The summed E-state index contributed by atoms with van der Waals surface area (Å²) in [5.74, 6) is -0.940. The van der Waals surface area contributed by atoms with Crippen LogP contribution in [0.4, 0.5) is 13.2 Å². The third-order valence-electron chi connectivity index (χ3n) is 4.96. The number of benzene rings is 1. The average Bonchev–Trinajstić information content (AvgIpc) is 3.22. The molecule has 2 unspecified atom stereocenters. The number of nitrogens with one attached hydrogen (secondary N) is 1. The van der Waals surface area contributed by atoms with Gasteiger partial charge < -0.3 is 4.74 Å². The predicted molar refractivity (Wildman–Crippen MR) is 105 cm³/mol. The average molecular weight is 460 g/mol. The van der Waals surface area contributed by atoms with Crippen LogP contribution in [-0.2, 0) is 21.2 Å². The lowest BCUT2D eigenvalue weighted by Crippen LogP contribution is -2.39. The molecule has 3 rings (SSSR count). The molecule has 31 heavy (non-hydrogen) atoms. The number of hydrogen-bond donors (Lipinski definition) is 1. The Balaban J connectivity index is 1.99. The molecule has 0 radical (unpaired) electrons. The Morgan fingerprint density at radius 1 is 1.23 bits per heavy atom. The third-order valence-corrected chi connectivity index (χ3v) is 6.81. The maximum atomic E-state index is 13.1. The van der Waals surface area contributed by atoms with Gasteiger partial charge in [0.05, 0.1) is 0 Å². The van der Waals surface area contributed by atoms with E-state index >= 15 is 0 Å². The van der Waals surface area contributed by atoms with E-state index in [1.807, 2.05) is 18.9 Å². The molecule has 12 heteroatoms. The Kier molecular flexibility index (Phi) is 6.33. The minimum atomic E-state index is -4.69. The maximum Gasteiger partial charge on any atom is 0.432 e. The van der Waals surface area contributed by atoms with Crippen LogP contribution in [0.25, 0.3) is 0 Å². The van der Waals surface area contributed by atoms with Crippen molar-refractivity contribution in [2.75, 3.05) is 7.05 Å². The van der Waals surface area contributed by atoms with Gasteiger partial charge in [0.25, 0.3) is 5.91 Å². The van der Waals surface area contributed by atoms with E-state index in [2.05, 4.69) is 5.10 Å². The van der Waals surface area contributed by atoms with Gasteiger partial charge in [0, 0.05) is 18.7 Å². The highest BCUT2D eigenvalue weighted by atomic mass is 32.2. The van der Waals surface area contributed by atoms with Crippen LogP contribution in [0.1, 0.15) is 44.2 Å². The van der Waals surface area contributed by atoms with Crippen molar-refractivity contribution in [1.29, 1.82) is 0 Å². The smallest absolute Gasteiger partial charge is 0.432 e. The second kappa shape index (κ2) is 8.50. The number of carbonyl (C=O) groups excluding carboxylic acids is 1. The van der Waals surface area contributed by atoms with Gasteiger partial charge in [-0.2, -0.15) is 30.2 Å². The molecule has 0 spiro atoms. The number of aromatic nitrogens is 2. The molecule has 8 nitrogen and oxygen atoms in total. The first-order valence-corrected chi connectivity index (χ1v) is 11.0. The van der Waals surface area contributed by atoms with Gasteiger partial charge in [-0.25, -0.2) is 0 Å². The summed E-state index contributed by atoms with van der Waals surface area (Å²) in [6, 6.07) is 7.61. The Hall–Kier alpha value is -2.60. The van der Waals surface area contributed by atoms with Crippen molar-refractivity contribution in [3.8, 4) is 5.88 Å². The number of carbonyl (C=O) groups is 1. The van der Waals surface area contributed by atoms with Crippen LogP contribution in [0.2, 0.25) is 0 Å². The normalized spacial score (nSPS) is 20.4. The van der Waals surface area contributed by atoms with E-state index in [1.54, 1.807) is 18.2 Å².